The highest BCUT2D eigenvalue weighted by Gasteiger charge is 2.05. The van der Waals surface area contributed by atoms with E-state index in [-0.39, 0.29) is 12.5 Å². The average Bonchev–Trinajstić information content (AvgIpc) is 2.38. The Balaban J connectivity index is 1.94. The molecule has 0 spiro atoms. The second kappa shape index (κ2) is 6.90. The minimum absolute atomic E-state index is 0.0884. The average molecular weight is 398 g/mol. The Morgan fingerprint density at radius 1 is 1.15 bits per heavy atom. The number of hydrogen-bond donors (Lipinski definition) is 2. The normalized spacial score (nSPS) is 10.2. The summed E-state index contributed by atoms with van der Waals surface area (Å²) in [5.41, 5.74) is 2.82. The molecule has 2 aromatic rings. The predicted molar refractivity (Wildman–Crippen MR) is 90.1 cm³/mol. The Kier molecular flexibility index (Phi) is 5.20. The van der Waals surface area contributed by atoms with E-state index in [2.05, 4.69) is 42.5 Å². The van der Waals surface area contributed by atoms with Gasteiger partial charge < -0.3 is 10.6 Å². The van der Waals surface area contributed by atoms with Crippen LogP contribution in [0.15, 0.2) is 51.4 Å². The maximum Gasteiger partial charge on any atom is 0.243 e. The third kappa shape index (κ3) is 4.35. The summed E-state index contributed by atoms with van der Waals surface area (Å²) in [4.78, 5) is 11.9. The standard InChI is InChI=1S/C15H14Br2N2O/c1-10-6-11(16)8-12(7-10)18-9-15(20)19-14-5-3-2-4-13(14)17/h2-8,18H,9H2,1H3,(H,19,20). The largest absolute Gasteiger partial charge is 0.376 e. The van der Waals surface area contributed by atoms with Crippen LogP contribution in [-0.4, -0.2) is 12.5 Å². The zero-order chi connectivity index (χ0) is 14.5. The number of hydrogen-bond acceptors (Lipinski definition) is 2. The lowest BCUT2D eigenvalue weighted by molar-refractivity contribution is -0.114. The molecule has 0 aliphatic heterocycles. The van der Waals surface area contributed by atoms with Gasteiger partial charge in [0.25, 0.3) is 0 Å². The lowest BCUT2D eigenvalue weighted by Crippen LogP contribution is -2.21. The van der Waals surface area contributed by atoms with Crippen molar-refractivity contribution < 1.29 is 4.79 Å². The molecule has 0 unspecified atom stereocenters. The van der Waals surface area contributed by atoms with Gasteiger partial charge in [-0.3, -0.25) is 4.79 Å². The summed E-state index contributed by atoms with van der Waals surface area (Å²) in [5, 5.41) is 5.96. The van der Waals surface area contributed by atoms with E-state index >= 15 is 0 Å². The van der Waals surface area contributed by atoms with Crippen molar-refractivity contribution in [2.45, 2.75) is 6.92 Å². The number of rotatable bonds is 4. The molecule has 0 aromatic heterocycles. The van der Waals surface area contributed by atoms with Gasteiger partial charge >= 0.3 is 0 Å². The zero-order valence-electron chi connectivity index (χ0n) is 10.9. The summed E-state index contributed by atoms with van der Waals surface area (Å²) < 4.78 is 1.86. The molecule has 2 rings (SSSR count). The summed E-state index contributed by atoms with van der Waals surface area (Å²) in [6.45, 7) is 2.23. The number of amides is 1. The maximum atomic E-state index is 11.9. The van der Waals surface area contributed by atoms with E-state index in [4.69, 9.17) is 0 Å². The first-order chi connectivity index (χ1) is 9.54. The molecule has 0 saturated heterocycles. The highest BCUT2D eigenvalue weighted by atomic mass is 79.9. The lowest BCUT2D eigenvalue weighted by Gasteiger charge is -2.10. The number of para-hydroxylation sites is 1. The molecule has 104 valence electrons. The van der Waals surface area contributed by atoms with Gasteiger partial charge in [0.05, 0.1) is 12.2 Å². The van der Waals surface area contributed by atoms with E-state index < -0.39 is 0 Å². The monoisotopic (exact) mass is 396 g/mol. The van der Waals surface area contributed by atoms with Crippen LogP contribution < -0.4 is 10.6 Å². The first kappa shape index (κ1) is 15.1. The first-order valence-corrected chi connectivity index (χ1v) is 7.68. The smallest absolute Gasteiger partial charge is 0.243 e. The van der Waals surface area contributed by atoms with Crippen molar-refractivity contribution in [2.24, 2.45) is 0 Å². The third-order valence-corrected chi connectivity index (χ3v) is 3.79. The molecule has 0 saturated carbocycles. The SMILES string of the molecule is Cc1cc(Br)cc(NCC(=O)Nc2ccccc2Br)c1. The summed E-state index contributed by atoms with van der Waals surface area (Å²) in [6.07, 6.45) is 0. The fourth-order valence-corrected chi connectivity index (χ4v) is 2.77. The van der Waals surface area contributed by atoms with Crippen LogP contribution >= 0.6 is 31.9 Å². The number of carbonyl (C=O) groups is 1. The third-order valence-electron chi connectivity index (χ3n) is 2.64. The highest BCUT2D eigenvalue weighted by Crippen LogP contribution is 2.21. The quantitative estimate of drug-likeness (QED) is 0.793. The zero-order valence-corrected chi connectivity index (χ0v) is 14.1. The van der Waals surface area contributed by atoms with Crippen molar-refractivity contribution in [3.05, 3.63) is 57.0 Å². The molecular formula is C15H14Br2N2O. The van der Waals surface area contributed by atoms with E-state index in [1.54, 1.807) is 0 Å². The van der Waals surface area contributed by atoms with E-state index in [1.165, 1.54) is 0 Å². The summed E-state index contributed by atoms with van der Waals surface area (Å²) in [5.74, 6) is -0.0884. The van der Waals surface area contributed by atoms with Crippen LogP contribution in [0.4, 0.5) is 11.4 Å². The molecule has 5 heteroatoms. The van der Waals surface area contributed by atoms with Crippen LogP contribution in [0.3, 0.4) is 0 Å². The summed E-state index contributed by atoms with van der Waals surface area (Å²) in [6, 6.07) is 13.5. The molecule has 20 heavy (non-hydrogen) atoms. The molecule has 2 aromatic carbocycles. The number of carbonyl (C=O) groups excluding carboxylic acids is 1. The molecule has 3 nitrogen and oxygen atoms in total. The number of anilines is 2. The summed E-state index contributed by atoms with van der Waals surface area (Å²) in [7, 11) is 0. The van der Waals surface area contributed by atoms with Crippen molar-refractivity contribution in [1.29, 1.82) is 0 Å². The van der Waals surface area contributed by atoms with Gasteiger partial charge in [-0.1, -0.05) is 28.1 Å². The second-order valence-corrected chi connectivity index (χ2v) is 6.17. The predicted octanol–water partition coefficient (Wildman–Crippen LogP) is 4.57. The first-order valence-electron chi connectivity index (χ1n) is 6.10. The Hall–Kier alpha value is -1.33. The topological polar surface area (TPSA) is 41.1 Å². The second-order valence-electron chi connectivity index (χ2n) is 4.40. The summed E-state index contributed by atoms with van der Waals surface area (Å²) >= 11 is 6.84. The minimum atomic E-state index is -0.0884. The molecular weight excluding hydrogens is 384 g/mol. The number of aryl methyl sites for hydroxylation is 1. The Morgan fingerprint density at radius 3 is 2.60 bits per heavy atom. The molecule has 0 heterocycles. The van der Waals surface area contributed by atoms with Crippen LogP contribution in [0.1, 0.15) is 5.56 Å². The number of nitrogens with one attached hydrogen (secondary N) is 2. The maximum absolute atomic E-state index is 11.9. The van der Waals surface area contributed by atoms with Crippen molar-refractivity contribution in [1.82, 2.24) is 0 Å². The van der Waals surface area contributed by atoms with E-state index in [1.807, 2.05) is 49.4 Å². The van der Waals surface area contributed by atoms with Gasteiger partial charge in [-0.2, -0.15) is 0 Å². The molecule has 0 aliphatic rings. The van der Waals surface area contributed by atoms with Gasteiger partial charge in [-0.05, 0) is 58.7 Å². The molecule has 0 fully saturated rings. The van der Waals surface area contributed by atoms with Gasteiger partial charge in [0, 0.05) is 14.6 Å². The highest BCUT2D eigenvalue weighted by molar-refractivity contribution is 9.10. The minimum Gasteiger partial charge on any atom is -0.376 e. The van der Waals surface area contributed by atoms with Crippen molar-refractivity contribution in [3.8, 4) is 0 Å². The van der Waals surface area contributed by atoms with Gasteiger partial charge in [0.2, 0.25) is 5.91 Å². The van der Waals surface area contributed by atoms with Gasteiger partial charge in [0.15, 0.2) is 0 Å². The number of benzene rings is 2. The molecule has 2 N–H and O–H groups in total. The molecule has 0 atom stereocenters. The van der Waals surface area contributed by atoms with E-state index in [0.29, 0.717) is 0 Å². The molecule has 0 bridgehead atoms. The lowest BCUT2D eigenvalue weighted by atomic mass is 10.2. The fourth-order valence-electron chi connectivity index (χ4n) is 1.78. The Bertz CT molecular complexity index is 609. The molecule has 0 aliphatic carbocycles. The molecule has 0 radical (unpaired) electrons. The van der Waals surface area contributed by atoms with Gasteiger partial charge in [0.1, 0.15) is 0 Å². The van der Waals surface area contributed by atoms with Crippen LogP contribution in [0.2, 0.25) is 0 Å². The fraction of sp³-hybridized carbons (Fsp3) is 0.133. The Labute approximate surface area is 135 Å². The van der Waals surface area contributed by atoms with Crippen molar-refractivity contribution in [3.63, 3.8) is 0 Å². The van der Waals surface area contributed by atoms with Gasteiger partial charge in [-0.15, -0.1) is 0 Å². The molecule has 1 amide bonds. The van der Waals surface area contributed by atoms with Crippen LogP contribution in [0.5, 0.6) is 0 Å². The van der Waals surface area contributed by atoms with Crippen molar-refractivity contribution in [2.75, 3.05) is 17.2 Å². The number of halogens is 2. The van der Waals surface area contributed by atoms with E-state index in [9.17, 15) is 4.79 Å². The van der Waals surface area contributed by atoms with E-state index in [0.717, 1.165) is 25.9 Å². The Morgan fingerprint density at radius 2 is 1.90 bits per heavy atom. The van der Waals surface area contributed by atoms with Gasteiger partial charge in [-0.25, -0.2) is 0 Å². The van der Waals surface area contributed by atoms with Crippen molar-refractivity contribution >= 4 is 49.1 Å². The van der Waals surface area contributed by atoms with Crippen LogP contribution in [-0.2, 0) is 4.79 Å². The van der Waals surface area contributed by atoms with Crippen LogP contribution in [0, 0.1) is 6.92 Å². The van der Waals surface area contributed by atoms with Crippen LogP contribution in [0.25, 0.3) is 0 Å².